The summed E-state index contributed by atoms with van der Waals surface area (Å²) in [7, 11) is 1.83. The molecule has 0 N–H and O–H groups in total. The summed E-state index contributed by atoms with van der Waals surface area (Å²) in [6.07, 6.45) is 11.6. The Bertz CT molecular complexity index is 2950. The molecular formula is C50H53N13O3. The second-order valence-corrected chi connectivity index (χ2v) is 16.0. The number of fused-ring (bicyclic) bond motifs is 6. The lowest BCUT2D eigenvalue weighted by molar-refractivity contribution is 0.550. The van der Waals surface area contributed by atoms with Gasteiger partial charge in [-0.3, -0.25) is 4.98 Å². The number of hydrogen-bond donors (Lipinski definition) is 0. The number of aromatic nitrogens is 13. The predicted octanol–water partition coefficient (Wildman–Crippen LogP) is 10.7. The highest BCUT2D eigenvalue weighted by molar-refractivity contribution is 5.74. The third-order valence-corrected chi connectivity index (χ3v) is 9.60. The third-order valence-electron chi connectivity index (χ3n) is 9.60. The Morgan fingerprint density at radius 1 is 0.394 bits per heavy atom. The largest absolute Gasteiger partial charge is 0.439 e. The topological polar surface area (TPSA) is 182 Å². The molecule has 0 saturated heterocycles. The number of benzene rings is 1. The molecule has 11 heterocycles. The summed E-state index contributed by atoms with van der Waals surface area (Å²) in [6, 6.07) is 22.0. The van der Waals surface area contributed by atoms with Gasteiger partial charge in [0.15, 0.2) is 23.3 Å². The van der Waals surface area contributed by atoms with Crippen molar-refractivity contribution in [3.8, 4) is 0 Å². The first kappa shape index (κ1) is 45.9. The third kappa shape index (κ3) is 12.1. The highest BCUT2D eigenvalue weighted by Crippen LogP contribution is 2.16. The van der Waals surface area contributed by atoms with Gasteiger partial charge in [-0.05, 0) is 132 Å². The predicted molar refractivity (Wildman–Crippen MR) is 256 cm³/mol. The molecule has 12 aromatic rings. The summed E-state index contributed by atoms with van der Waals surface area (Å²) in [5.41, 5.74) is 17.4. The van der Waals surface area contributed by atoms with Crippen LogP contribution in [0.4, 0.5) is 0 Å². The van der Waals surface area contributed by atoms with Gasteiger partial charge in [-0.25, -0.2) is 34.9 Å². The molecule has 0 aliphatic carbocycles. The molecule has 0 aliphatic rings. The lowest BCUT2D eigenvalue weighted by Crippen LogP contribution is -1.90. The Morgan fingerprint density at radius 2 is 1.02 bits per heavy atom. The van der Waals surface area contributed by atoms with Gasteiger partial charge in [-0.15, -0.1) is 0 Å². The SMILES string of the molecule is Cc1cc2nc(C)oc2cn1.Cc1ccc2nc(C)cn2c1.Cc1ccc2nc(C)oc2n1.Cc1ccc2nn(C)nc2c1.Cc1ccn2cc(C)nc2c1.Cc1cnc2oc(C)nc2c1. The van der Waals surface area contributed by atoms with Crippen LogP contribution in [0.15, 0.2) is 117 Å². The average molecular weight is 884 g/mol. The van der Waals surface area contributed by atoms with Crippen molar-refractivity contribution < 1.29 is 13.3 Å². The van der Waals surface area contributed by atoms with E-state index in [0.29, 0.717) is 29.1 Å². The van der Waals surface area contributed by atoms with E-state index >= 15 is 0 Å². The molecule has 12 rings (SSSR count). The molecule has 0 bridgehead atoms. The van der Waals surface area contributed by atoms with Crippen molar-refractivity contribution in [2.24, 2.45) is 7.05 Å². The Hall–Kier alpha value is -8.14. The number of pyridine rings is 5. The van der Waals surface area contributed by atoms with Gasteiger partial charge < -0.3 is 22.1 Å². The van der Waals surface area contributed by atoms with E-state index in [4.69, 9.17) is 13.3 Å². The summed E-state index contributed by atoms with van der Waals surface area (Å²) in [5, 5.41) is 8.34. The maximum Gasteiger partial charge on any atom is 0.247 e. The Kier molecular flexibility index (Phi) is 14.0. The van der Waals surface area contributed by atoms with Crippen molar-refractivity contribution in [3.63, 3.8) is 0 Å². The van der Waals surface area contributed by atoms with Gasteiger partial charge >= 0.3 is 0 Å². The van der Waals surface area contributed by atoms with E-state index in [-0.39, 0.29) is 0 Å². The van der Waals surface area contributed by atoms with Crippen LogP contribution < -0.4 is 0 Å². The van der Waals surface area contributed by atoms with Crippen LogP contribution in [-0.4, -0.2) is 63.7 Å². The van der Waals surface area contributed by atoms with Crippen LogP contribution >= 0.6 is 0 Å². The smallest absolute Gasteiger partial charge is 0.247 e. The highest BCUT2D eigenvalue weighted by Gasteiger charge is 2.04. The molecule has 0 amide bonds. The highest BCUT2D eigenvalue weighted by atomic mass is 16.4. The molecule has 16 nitrogen and oxygen atoms in total. The maximum atomic E-state index is 5.25. The number of rotatable bonds is 0. The molecule has 16 heteroatoms. The zero-order valence-electron chi connectivity index (χ0n) is 39.4. The Labute approximate surface area is 381 Å². The minimum absolute atomic E-state index is 0.619. The van der Waals surface area contributed by atoms with E-state index in [9.17, 15) is 0 Å². The molecule has 0 saturated carbocycles. The van der Waals surface area contributed by atoms with Crippen molar-refractivity contribution in [2.45, 2.75) is 76.2 Å². The van der Waals surface area contributed by atoms with E-state index in [2.05, 4.69) is 88.3 Å². The fourth-order valence-electron chi connectivity index (χ4n) is 6.67. The first-order valence-electron chi connectivity index (χ1n) is 21.3. The van der Waals surface area contributed by atoms with Gasteiger partial charge in [0.1, 0.15) is 38.9 Å². The van der Waals surface area contributed by atoms with Gasteiger partial charge in [-0.1, -0.05) is 12.1 Å². The number of nitrogens with zero attached hydrogens (tertiary/aromatic N) is 13. The summed E-state index contributed by atoms with van der Waals surface area (Å²) in [4.78, 5) is 35.0. The van der Waals surface area contributed by atoms with Crippen LogP contribution in [0.3, 0.4) is 0 Å². The molecule has 0 atom stereocenters. The number of aryl methyl sites for hydroxylation is 12. The Morgan fingerprint density at radius 3 is 1.80 bits per heavy atom. The van der Waals surface area contributed by atoms with Crippen LogP contribution in [0.2, 0.25) is 0 Å². The van der Waals surface area contributed by atoms with E-state index < -0.39 is 0 Å². The maximum absolute atomic E-state index is 5.25. The lowest BCUT2D eigenvalue weighted by atomic mass is 10.2. The summed E-state index contributed by atoms with van der Waals surface area (Å²) < 4.78 is 19.8. The van der Waals surface area contributed by atoms with Gasteiger partial charge in [0.2, 0.25) is 11.4 Å². The van der Waals surface area contributed by atoms with Gasteiger partial charge in [0.25, 0.3) is 0 Å². The van der Waals surface area contributed by atoms with E-state index in [1.807, 2.05) is 145 Å². The molecule has 0 spiro atoms. The second kappa shape index (κ2) is 20.1. The standard InChI is InChI=1S/2C9H10N2.C8H9N3.3C8H8N2O/c1-7-3-4-11-6-8(2)10-9(11)5-7;1-7-3-4-9-10-8(2)6-11(9)5-7;1-6-3-4-7-8(5-6)10-11(2)9-7;1-5-3-7-8(4-9-5)11-6(2)10-7;1-5-3-7-8(9-4-5)11-6(2)10-7;1-5-3-4-7-8(9-5)11-6(2)10-7/h2*3-6H,1-2H3;3-5H,1-2H3;3*3-4H,1-2H3. The molecule has 11 aromatic heterocycles. The average Bonchev–Trinajstić information content (AvgIpc) is 4.11. The lowest BCUT2D eigenvalue weighted by Gasteiger charge is -1.92. The molecular weight excluding hydrogens is 831 g/mol. The van der Waals surface area contributed by atoms with Crippen LogP contribution in [0, 0.1) is 76.2 Å². The summed E-state index contributed by atoms with van der Waals surface area (Å²) in [6.45, 7) is 21.5. The first-order chi connectivity index (χ1) is 31.5. The molecule has 1 aromatic carbocycles. The number of hydrogen-bond acceptors (Lipinski definition) is 13. The van der Waals surface area contributed by atoms with Crippen molar-refractivity contribution in [2.75, 3.05) is 0 Å². The fraction of sp³-hybridized carbons (Fsp3) is 0.240. The molecule has 336 valence electrons. The van der Waals surface area contributed by atoms with Crippen LogP contribution in [0.5, 0.6) is 0 Å². The zero-order chi connectivity index (χ0) is 47.1. The molecule has 0 aliphatic heterocycles. The Balaban J connectivity index is 0.000000118. The number of oxazole rings is 3. The number of imidazole rings is 2. The second-order valence-electron chi connectivity index (χ2n) is 16.0. The minimum Gasteiger partial charge on any atom is -0.439 e. The van der Waals surface area contributed by atoms with E-state index in [1.54, 1.807) is 17.2 Å². The normalized spacial score (nSPS) is 10.7. The monoisotopic (exact) mass is 883 g/mol. The summed E-state index contributed by atoms with van der Waals surface area (Å²) in [5.74, 6) is 2.02. The first-order valence-corrected chi connectivity index (χ1v) is 21.3. The minimum atomic E-state index is 0.619. The van der Waals surface area contributed by atoms with Crippen molar-refractivity contribution >= 4 is 55.9 Å². The van der Waals surface area contributed by atoms with Crippen LogP contribution in [-0.2, 0) is 7.05 Å². The molecule has 0 radical (unpaired) electrons. The fourth-order valence-corrected chi connectivity index (χ4v) is 6.67. The van der Waals surface area contributed by atoms with Gasteiger partial charge in [0, 0.05) is 70.2 Å². The quantitative estimate of drug-likeness (QED) is 0.140. The van der Waals surface area contributed by atoms with Gasteiger partial charge in [-0.2, -0.15) is 15.0 Å². The summed E-state index contributed by atoms with van der Waals surface area (Å²) >= 11 is 0. The molecule has 0 unspecified atom stereocenters. The van der Waals surface area contributed by atoms with E-state index in [1.165, 1.54) is 16.7 Å². The van der Waals surface area contributed by atoms with Crippen LogP contribution in [0.1, 0.15) is 62.7 Å². The van der Waals surface area contributed by atoms with Crippen LogP contribution in [0.25, 0.3) is 55.9 Å². The van der Waals surface area contributed by atoms with Gasteiger partial charge in [0.05, 0.1) is 17.6 Å². The zero-order valence-corrected chi connectivity index (χ0v) is 39.4. The van der Waals surface area contributed by atoms with E-state index in [0.717, 1.165) is 72.8 Å². The van der Waals surface area contributed by atoms with Crippen molar-refractivity contribution in [3.05, 3.63) is 167 Å². The van der Waals surface area contributed by atoms with Crippen molar-refractivity contribution in [1.29, 1.82) is 0 Å². The molecule has 0 fully saturated rings. The van der Waals surface area contributed by atoms with Crippen molar-refractivity contribution in [1.82, 2.24) is 63.7 Å². The molecule has 66 heavy (non-hydrogen) atoms.